The third-order valence-electron chi connectivity index (χ3n) is 20.8. The summed E-state index contributed by atoms with van der Waals surface area (Å²) in [5.74, 6) is 0.273. The largest absolute Gasteiger partial charge is 0.394 e. The molecule has 24 heteroatoms. The van der Waals surface area contributed by atoms with Gasteiger partial charge in [0.1, 0.15) is 97.7 Å². The minimum atomic E-state index is -2.02. The third-order valence-corrected chi connectivity index (χ3v) is 20.8. The highest BCUT2D eigenvalue weighted by Gasteiger charge is 2.70. The molecule has 30 atom stereocenters. The quantitative estimate of drug-likeness (QED) is 0.0637. The maximum absolute atomic E-state index is 12.7. The van der Waals surface area contributed by atoms with Gasteiger partial charge in [-0.05, 0) is 99.7 Å². The van der Waals surface area contributed by atoms with Crippen molar-refractivity contribution in [2.45, 2.75) is 253 Å². The highest BCUT2D eigenvalue weighted by atomic mass is 16.8. The first-order valence-corrected chi connectivity index (χ1v) is 28.0. The second kappa shape index (κ2) is 23.7. The van der Waals surface area contributed by atoms with E-state index in [1.54, 1.807) is 0 Å². The Balaban J connectivity index is 0.966. The van der Waals surface area contributed by atoms with E-state index in [-0.39, 0.29) is 40.9 Å². The van der Waals surface area contributed by atoms with E-state index in [0.717, 1.165) is 18.4 Å². The van der Waals surface area contributed by atoms with E-state index in [1.807, 2.05) is 0 Å². The summed E-state index contributed by atoms with van der Waals surface area (Å²) in [7, 11) is 0. The van der Waals surface area contributed by atoms with Gasteiger partial charge in [0.05, 0.1) is 50.3 Å². The van der Waals surface area contributed by atoms with Crippen LogP contribution < -0.4 is 0 Å². The molecule has 16 N–H and O–H groups in total. The molecule has 452 valence electrons. The zero-order valence-corrected chi connectivity index (χ0v) is 46.1. The molecular weight excluding hydrogens is 1030 g/mol. The Morgan fingerprint density at radius 3 is 1.59 bits per heavy atom. The number of ether oxygens (including phenoxy) is 8. The van der Waals surface area contributed by atoms with Gasteiger partial charge in [-0.3, -0.25) is 0 Å². The summed E-state index contributed by atoms with van der Waals surface area (Å²) in [5.41, 5.74) is -2.00. The Kier molecular flexibility index (Phi) is 19.1. The van der Waals surface area contributed by atoms with Crippen LogP contribution in [-0.4, -0.2) is 255 Å². The molecule has 0 aromatic heterocycles. The maximum atomic E-state index is 12.7. The lowest BCUT2D eigenvalue weighted by Gasteiger charge is -2.67. The molecule has 0 bridgehead atoms. The van der Waals surface area contributed by atoms with Crippen molar-refractivity contribution in [3.05, 3.63) is 11.6 Å². The predicted molar refractivity (Wildman–Crippen MR) is 268 cm³/mol. The fourth-order valence-electron chi connectivity index (χ4n) is 15.7. The molecule has 0 aromatic carbocycles. The van der Waals surface area contributed by atoms with Crippen molar-refractivity contribution in [3.8, 4) is 0 Å². The predicted octanol–water partition coefficient (Wildman–Crippen LogP) is -3.23. The Morgan fingerprint density at radius 2 is 1.05 bits per heavy atom. The summed E-state index contributed by atoms with van der Waals surface area (Å²) in [4.78, 5) is 0. The van der Waals surface area contributed by atoms with E-state index in [2.05, 4.69) is 47.6 Å². The molecular formula is C54H92O24. The number of rotatable bonds is 17. The zero-order chi connectivity index (χ0) is 57.5. The van der Waals surface area contributed by atoms with Crippen LogP contribution in [0.15, 0.2) is 11.6 Å². The molecule has 0 aromatic rings. The van der Waals surface area contributed by atoms with E-state index in [4.69, 9.17) is 37.9 Å². The van der Waals surface area contributed by atoms with E-state index < -0.39 is 184 Å². The summed E-state index contributed by atoms with van der Waals surface area (Å²) in [6.07, 6.45) is -28.1. The van der Waals surface area contributed by atoms with Crippen molar-refractivity contribution in [1.29, 1.82) is 0 Å². The first-order chi connectivity index (χ1) is 36.5. The Labute approximate surface area is 455 Å². The lowest BCUT2D eigenvalue weighted by molar-refractivity contribution is -0.390. The molecule has 78 heavy (non-hydrogen) atoms. The summed E-state index contributed by atoms with van der Waals surface area (Å²) >= 11 is 0. The van der Waals surface area contributed by atoms with Gasteiger partial charge in [-0.1, -0.05) is 53.2 Å². The van der Waals surface area contributed by atoms with E-state index in [1.165, 1.54) is 13.8 Å². The minimum absolute atomic E-state index is 0.0141. The lowest BCUT2D eigenvalue weighted by Crippen LogP contribution is -2.67. The first kappa shape index (κ1) is 62.8. The topological polar surface area (TPSA) is 398 Å². The van der Waals surface area contributed by atoms with Gasteiger partial charge in [-0.2, -0.15) is 0 Å². The van der Waals surface area contributed by atoms with Gasteiger partial charge in [-0.25, -0.2) is 0 Å². The van der Waals surface area contributed by atoms with Crippen LogP contribution in [0.1, 0.15) is 107 Å². The van der Waals surface area contributed by atoms with Crippen molar-refractivity contribution in [2.24, 2.45) is 45.3 Å². The number of aliphatic hydroxyl groups excluding tert-OH is 15. The van der Waals surface area contributed by atoms with Gasteiger partial charge in [0, 0.05) is 10.8 Å². The van der Waals surface area contributed by atoms with Crippen LogP contribution in [0.4, 0.5) is 0 Å². The molecule has 4 aliphatic heterocycles. The number of fused-ring (bicyclic) bond motifs is 5. The van der Waals surface area contributed by atoms with Gasteiger partial charge in [-0.15, -0.1) is 0 Å². The lowest BCUT2D eigenvalue weighted by atomic mass is 9.38. The van der Waals surface area contributed by atoms with Gasteiger partial charge in [0.15, 0.2) is 25.2 Å². The second-order valence-electron chi connectivity index (χ2n) is 25.8. The van der Waals surface area contributed by atoms with Crippen LogP contribution in [0.5, 0.6) is 0 Å². The van der Waals surface area contributed by atoms with Gasteiger partial charge in [0.25, 0.3) is 0 Å². The number of hydrogen-bond donors (Lipinski definition) is 16. The van der Waals surface area contributed by atoms with E-state index >= 15 is 0 Å². The van der Waals surface area contributed by atoms with Crippen molar-refractivity contribution < 1.29 is 120 Å². The monoisotopic (exact) mass is 1120 g/mol. The van der Waals surface area contributed by atoms with Gasteiger partial charge < -0.3 is 120 Å². The van der Waals surface area contributed by atoms with Crippen LogP contribution in [0.2, 0.25) is 0 Å². The van der Waals surface area contributed by atoms with Gasteiger partial charge >= 0.3 is 0 Å². The normalized spacial score (nSPS) is 51.4. The number of hydrogen-bond acceptors (Lipinski definition) is 24. The smallest absolute Gasteiger partial charge is 0.187 e. The molecule has 0 radical (unpaired) electrons. The van der Waals surface area contributed by atoms with Crippen molar-refractivity contribution >= 4 is 0 Å². The summed E-state index contributed by atoms with van der Waals surface area (Å²) in [5, 5.41) is 173. The van der Waals surface area contributed by atoms with Crippen LogP contribution >= 0.6 is 0 Å². The highest BCUT2D eigenvalue weighted by molar-refractivity contribution is 5.32. The van der Waals surface area contributed by atoms with Crippen LogP contribution in [-0.2, 0) is 37.9 Å². The van der Waals surface area contributed by atoms with Crippen molar-refractivity contribution in [1.82, 2.24) is 0 Å². The molecule has 0 amide bonds. The molecule has 3 saturated carbocycles. The van der Waals surface area contributed by atoms with Crippen LogP contribution in [0, 0.1) is 45.3 Å². The molecule has 24 nitrogen and oxygen atoms in total. The molecule has 8 rings (SSSR count). The molecule has 4 heterocycles. The third kappa shape index (κ3) is 10.8. The standard InChI is InChI=1S/C54H92O24/c1-22(23-15-16-52(6)30-12-10-24-25(54(30,8)31(59)17-53(23,52)7)11-14-32(50(24,2)3)75-46-41(67)38(64)34(60)26(18-55)71-46)9-13-33(51(4,5)70)76-49-45(40(66)36(62)28(20-57)74-49)78-48-43(69)44(37(63)29(21-58)73-48)77-47-42(68)39(65)35(61)27(19-56)72-47/h10,22-23,25-49,55-70H,9,11-21H2,1-8H3/t22-,23?,25?,26-,27?,28-,29-,30?,31-,32+,33-,34-,35-,36-,37-,38+,39+,40+,41-,42-,43-,44+,45-,46+,47+,48+,49+,52+,53-,54+/m1/s1. The average molecular weight is 1130 g/mol. The Morgan fingerprint density at radius 1 is 0.564 bits per heavy atom. The summed E-state index contributed by atoms with van der Waals surface area (Å²) < 4.78 is 47.7. The maximum Gasteiger partial charge on any atom is 0.187 e. The SMILES string of the molecule is C[C@H](CC[C@@H](O[C@@H]1O[C@H](CO)[C@@H](O)[C@H](O)[C@H]1O[C@@H]1O[C@H](CO)[C@@H](O)[C@H](O[C@@H]2OC(CO)[C@@H](O)[C@H](O)[C@H]2O)[C@H]1O)C(C)(C)O)C1CC[C@@]2(C)C3CC=C4C(CC[C@H](O[C@@H]5O[C@H](CO)[C@@H](O)[C@H](O)[C@H]5O)C4(C)C)[C@]3(C)[C@H](O)C[C@]12C. The van der Waals surface area contributed by atoms with Crippen LogP contribution in [0.25, 0.3) is 0 Å². The zero-order valence-electron chi connectivity index (χ0n) is 46.1. The minimum Gasteiger partial charge on any atom is -0.394 e. The first-order valence-electron chi connectivity index (χ1n) is 28.0. The molecule has 4 aliphatic carbocycles. The highest BCUT2D eigenvalue weighted by Crippen LogP contribution is 2.75. The number of allylic oxidation sites excluding steroid dienone is 1. The van der Waals surface area contributed by atoms with E-state index in [0.29, 0.717) is 32.1 Å². The molecule has 7 fully saturated rings. The molecule has 4 unspecified atom stereocenters. The number of aliphatic hydroxyl groups is 16. The van der Waals surface area contributed by atoms with Crippen molar-refractivity contribution in [3.63, 3.8) is 0 Å². The molecule has 0 spiro atoms. The molecule has 8 aliphatic rings. The molecule has 4 saturated heterocycles. The van der Waals surface area contributed by atoms with Crippen molar-refractivity contribution in [2.75, 3.05) is 26.4 Å². The van der Waals surface area contributed by atoms with E-state index in [9.17, 15) is 81.7 Å². The average Bonchev–Trinajstić information content (AvgIpc) is 3.83. The summed E-state index contributed by atoms with van der Waals surface area (Å²) in [6, 6.07) is 0. The van der Waals surface area contributed by atoms with Crippen LogP contribution in [0.3, 0.4) is 0 Å². The van der Waals surface area contributed by atoms with Gasteiger partial charge in [0.2, 0.25) is 0 Å². The fraction of sp³-hybridized carbons (Fsp3) is 0.963. The summed E-state index contributed by atoms with van der Waals surface area (Å²) in [6.45, 7) is 13.3. The Bertz CT molecular complexity index is 2030. The Hall–Kier alpha value is -1.22. The fourth-order valence-corrected chi connectivity index (χ4v) is 15.7. The second-order valence-corrected chi connectivity index (χ2v) is 25.8.